The summed E-state index contributed by atoms with van der Waals surface area (Å²) < 4.78 is 7.74. The summed E-state index contributed by atoms with van der Waals surface area (Å²) in [6.07, 6.45) is 8.65. The Balaban J connectivity index is 1.40. The van der Waals surface area contributed by atoms with Gasteiger partial charge in [0.05, 0.1) is 12.8 Å². The number of para-hydroxylation sites is 1. The van der Waals surface area contributed by atoms with Gasteiger partial charge in [-0.15, -0.1) is 0 Å². The maximum Gasteiger partial charge on any atom is 0.119 e. The lowest BCUT2D eigenvalue weighted by atomic mass is 10.0. The van der Waals surface area contributed by atoms with Gasteiger partial charge in [0.25, 0.3) is 0 Å². The third-order valence-electron chi connectivity index (χ3n) is 4.25. The number of aryl methyl sites for hydroxylation is 1. The van der Waals surface area contributed by atoms with Crippen LogP contribution in [-0.2, 0) is 6.54 Å². The van der Waals surface area contributed by atoms with Crippen LogP contribution in [0.25, 0.3) is 5.57 Å². The minimum atomic E-state index is 0.778. The summed E-state index contributed by atoms with van der Waals surface area (Å²) in [5.41, 5.74) is 2.71. The average molecular weight is 311 g/mol. The van der Waals surface area contributed by atoms with Crippen molar-refractivity contribution in [1.29, 1.82) is 0 Å². The number of aromatic nitrogens is 2. The van der Waals surface area contributed by atoms with Crippen molar-refractivity contribution in [2.24, 2.45) is 0 Å². The van der Waals surface area contributed by atoms with Crippen LogP contribution in [0.3, 0.4) is 0 Å². The predicted octanol–water partition coefficient (Wildman–Crippen LogP) is 3.46. The Bertz CT molecular complexity index is 633. The normalized spacial score (nSPS) is 15.4. The molecule has 0 aliphatic carbocycles. The Morgan fingerprint density at radius 2 is 2.09 bits per heavy atom. The van der Waals surface area contributed by atoms with Crippen LogP contribution < -0.4 is 4.74 Å². The molecule has 1 aliphatic heterocycles. The summed E-state index contributed by atoms with van der Waals surface area (Å²) in [5, 5.41) is 4.36. The van der Waals surface area contributed by atoms with E-state index in [1.807, 2.05) is 41.2 Å². The largest absolute Gasteiger partial charge is 0.494 e. The summed E-state index contributed by atoms with van der Waals surface area (Å²) in [4.78, 5) is 2.49. The second-order valence-electron chi connectivity index (χ2n) is 5.88. The third kappa shape index (κ3) is 4.45. The number of nitrogens with zero attached hydrogens (tertiary/aromatic N) is 3. The second kappa shape index (κ2) is 7.97. The number of hydrogen-bond acceptors (Lipinski definition) is 3. The van der Waals surface area contributed by atoms with Gasteiger partial charge in [-0.05, 0) is 37.5 Å². The van der Waals surface area contributed by atoms with Gasteiger partial charge in [-0.1, -0.05) is 24.3 Å². The molecule has 0 amide bonds. The van der Waals surface area contributed by atoms with Crippen LogP contribution in [0.1, 0.15) is 25.3 Å². The molecule has 0 N–H and O–H groups in total. The van der Waals surface area contributed by atoms with Crippen molar-refractivity contribution in [3.05, 3.63) is 54.4 Å². The van der Waals surface area contributed by atoms with Crippen LogP contribution in [-0.4, -0.2) is 40.9 Å². The molecule has 23 heavy (non-hydrogen) atoms. The van der Waals surface area contributed by atoms with Crippen molar-refractivity contribution >= 4 is 5.57 Å². The molecule has 2 aromatic rings. The van der Waals surface area contributed by atoms with Crippen molar-refractivity contribution in [2.45, 2.75) is 26.3 Å². The fourth-order valence-electron chi connectivity index (χ4n) is 2.87. The Kier molecular flexibility index (Phi) is 5.48. The number of hydrogen-bond donors (Lipinski definition) is 0. The van der Waals surface area contributed by atoms with Gasteiger partial charge in [-0.3, -0.25) is 9.58 Å². The average Bonchev–Trinajstić information content (AvgIpc) is 3.09. The van der Waals surface area contributed by atoms with Gasteiger partial charge >= 0.3 is 0 Å². The first kappa shape index (κ1) is 15.8. The molecule has 0 fully saturated rings. The highest BCUT2D eigenvalue weighted by Gasteiger charge is 2.13. The molecule has 0 saturated carbocycles. The zero-order valence-electron chi connectivity index (χ0n) is 13.8. The first-order valence-corrected chi connectivity index (χ1v) is 8.47. The van der Waals surface area contributed by atoms with Crippen LogP contribution in [0.4, 0.5) is 0 Å². The molecular weight excluding hydrogens is 286 g/mol. The molecule has 0 bridgehead atoms. The van der Waals surface area contributed by atoms with Gasteiger partial charge < -0.3 is 4.74 Å². The molecule has 2 heterocycles. The molecule has 4 nitrogen and oxygen atoms in total. The van der Waals surface area contributed by atoms with E-state index < -0.39 is 0 Å². The minimum absolute atomic E-state index is 0.778. The van der Waals surface area contributed by atoms with Gasteiger partial charge in [-0.25, -0.2) is 0 Å². The van der Waals surface area contributed by atoms with E-state index in [0.717, 1.165) is 51.4 Å². The van der Waals surface area contributed by atoms with E-state index in [1.54, 1.807) is 0 Å². The van der Waals surface area contributed by atoms with E-state index in [9.17, 15) is 0 Å². The summed E-state index contributed by atoms with van der Waals surface area (Å²) in [6.45, 7) is 7.06. The highest BCUT2D eigenvalue weighted by Crippen LogP contribution is 2.21. The van der Waals surface area contributed by atoms with Gasteiger partial charge in [0.1, 0.15) is 5.75 Å². The van der Waals surface area contributed by atoms with Crippen LogP contribution in [0.5, 0.6) is 5.75 Å². The first-order chi connectivity index (χ1) is 11.3. The van der Waals surface area contributed by atoms with E-state index in [2.05, 4.69) is 29.2 Å². The first-order valence-electron chi connectivity index (χ1n) is 8.47. The molecule has 1 aliphatic rings. The molecule has 1 aromatic carbocycles. The van der Waals surface area contributed by atoms with Crippen LogP contribution in [0, 0.1) is 0 Å². The van der Waals surface area contributed by atoms with E-state index in [4.69, 9.17) is 4.74 Å². The molecule has 0 atom stereocenters. The zero-order chi connectivity index (χ0) is 15.9. The highest BCUT2D eigenvalue weighted by atomic mass is 16.5. The van der Waals surface area contributed by atoms with Gasteiger partial charge in [0.2, 0.25) is 0 Å². The van der Waals surface area contributed by atoms with Crippen molar-refractivity contribution in [3.63, 3.8) is 0 Å². The van der Waals surface area contributed by atoms with Gasteiger partial charge in [-0.2, -0.15) is 5.10 Å². The van der Waals surface area contributed by atoms with Crippen molar-refractivity contribution in [2.75, 3.05) is 26.2 Å². The summed E-state index contributed by atoms with van der Waals surface area (Å²) >= 11 is 0. The topological polar surface area (TPSA) is 30.3 Å². The van der Waals surface area contributed by atoms with Crippen molar-refractivity contribution in [3.8, 4) is 5.75 Å². The van der Waals surface area contributed by atoms with Crippen molar-refractivity contribution in [1.82, 2.24) is 14.7 Å². The smallest absolute Gasteiger partial charge is 0.119 e. The Morgan fingerprint density at radius 3 is 2.78 bits per heavy atom. The third-order valence-corrected chi connectivity index (χ3v) is 4.25. The standard InChI is InChI=1S/C19H25N3O/c1-2-22-16-18(15-20-22)17-9-12-21(13-10-17)11-6-14-23-19-7-4-3-5-8-19/h3-5,7-9,15-16H,2,6,10-14H2,1H3. The highest BCUT2D eigenvalue weighted by molar-refractivity contribution is 5.65. The fraction of sp³-hybridized carbons (Fsp3) is 0.421. The number of ether oxygens (including phenoxy) is 1. The maximum absolute atomic E-state index is 5.75. The van der Waals surface area contributed by atoms with E-state index in [0.29, 0.717) is 0 Å². The molecule has 0 radical (unpaired) electrons. The Morgan fingerprint density at radius 1 is 1.22 bits per heavy atom. The molecule has 0 spiro atoms. The molecule has 122 valence electrons. The number of rotatable bonds is 7. The fourth-order valence-corrected chi connectivity index (χ4v) is 2.87. The van der Waals surface area contributed by atoms with E-state index >= 15 is 0 Å². The van der Waals surface area contributed by atoms with Crippen LogP contribution in [0.15, 0.2) is 48.8 Å². The lowest BCUT2D eigenvalue weighted by Crippen LogP contribution is -2.30. The Labute approximate surface area is 138 Å². The zero-order valence-corrected chi connectivity index (χ0v) is 13.8. The quantitative estimate of drug-likeness (QED) is 0.734. The SMILES string of the molecule is CCn1cc(C2=CCN(CCCOc3ccccc3)CC2)cn1. The van der Waals surface area contributed by atoms with Crippen LogP contribution >= 0.6 is 0 Å². The molecule has 0 saturated heterocycles. The molecule has 1 aromatic heterocycles. The summed E-state index contributed by atoms with van der Waals surface area (Å²) in [7, 11) is 0. The van der Waals surface area contributed by atoms with E-state index in [-0.39, 0.29) is 0 Å². The van der Waals surface area contributed by atoms with E-state index in [1.165, 1.54) is 11.1 Å². The summed E-state index contributed by atoms with van der Waals surface area (Å²) in [5.74, 6) is 0.960. The molecular formula is C19H25N3O. The second-order valence-corrected chi connectivity index (χ2v) is 5.88. The lowest BCUT2D eigenvalue weighted by Gasteiger charge is -2.25. The lowest BCUT2D eigenvalue weighted by molar-refractivity contribution is 0.248. The van der Waals surface area contributed by atoms with Crippen molar-refractivity contribution < 1.29 is 4.74 Å². The molecule has 3 rings (SSSR count). The van der Waals surface area contributed by atoms with Gasteiger partial charge in [0.15, 0.2) is 0 Å². The monoisotopic (exact) mass is 311 g/mol. The minimum Gasteiger partial charge on any atom is -0.494 e. The van der Waals surface area contributed by atoms with Gasteiger partial charge in [0, 0.05) is 37.9 Å². The number of benzene rings is 1. The summed E-state index contributed by atoms with van der Waals surface area (Å²) in [6, 6.07) is 10.0. The maximum atomic E-state index is 5.75. The molecule has 4 heteroatoms. The Hall–Kier alpha value is -2.07. The predicted molar refractivity (Wildman–Crippen MR) is 93.5 cm³/mol. The molecule has 0 unspecified atom stereocenters. The van der Waals surface area contributed by atoms with Crippen LogP contribution in [0.2, 0.25) is 0 Å².